The third-order valence-corrected chi connectivity index (χ3v) is 5.18. The molecule has 0 bridgehead atoms. The van der Waals surface area contributed by atoms with Gasteiger partial charge in [0.2, 0.25) is 5.91 Å². The largest absolute Gasteiger partial charge is 0.329 e. The molecule has 16 heavy (non-hydrogen) atoms. The smallest absolute Gasteiger partial charge is 0.244 e. The van der Waals surface area contributed by atoms with E-state index in [0.29, 0.717) is 4.47 Å². The number of carbonyl (C=O) groups is 1. The summed E-state index contributed by atoms with van der Waals surface area (Å²) >= 11 is 3.19. The van der Waals surface area contributed by atoms with Crippen LogP contribution in [0.5, 0.6) is 0 Å². The SMILES string of the molecule is NCC1C(=O)Nc2c(Br)cccc2S1(=O)=O. The fourth-order valence-corrected chi connectivity index (χ4v) is 3.81. The van der Waals surface area contributed by atoms with Crippen LogP contribution in [0.1, 0.15) is 0 Å². The maximum Gasteiger partial charge on any atom is 0.244 e. The van der Waals surface area contributed by atoms with E-state index in [4.69, 9.17) is 5.73 Å². The number of amides is 1. The lowest BCUT2D eigenvalue weighted by Gasteiger charge is -2.24. The van der Waals surface area contributed by atoms with Gasteiger partial charge in [-0.3, -0.25) is 4.79 Å². The second-order valence-corrected chi connectivity index (χ2v) is 6.32. The van der Waals surface area contributed by atoms with E-state index in [1.807, 2.05) is 0 Å². The van der Waals surface area contributed by atoms with Gasteiger partial charge in [-0.05, 0) is 28.1 Å². The number of carbonyl (C=O) groups excluding carboxylic acids is 1. The number of nitrogens with two attached hydrogens (primary N) is 1. The van der Waals surface area contributed by atoms with Crippen LogP contribution < -0.4 is 11.1 Å². The van der Waals surface area contributed by atoms with Gasteiger partial charge in [-0.25, -0.2) is 8.42 Å². The first-order chi connectivity index (χ1) is 7.48. The molecule has 3 N–H and O–H groups in total. The van der Waals surface area contributed by atoms with Crippen LogP contribution in [-0.2, 0) is 14.6 Å². The summed E-state index contributed by atoms with van der Waals surface area (Å²) in [5, 5.41) is 1.34. The molecule has 0 saturated heterocycles. The molecule has 0 aliphatic carbocycles. The number of rotatable bonds is 1. The molecule has 0 fully saturated rings. The highest BCUT2D eigenvalue weighted by Gasteiger charge is 2.39. The summed E-state index contributed by atoms with van der Waals surface area (Å²) in [6.45, 7) is -0.222. The van der Waals surface area contributed by atoms with Gasteiger partial charge in [0, 0.05) is 11.0 Å². The summed E-state index contributed by atoms with van der Waals surface area (Å²) < 4.78 is 24.6. The van der Waals surface area contributed by atoms with E-state index < -0.39 is 21.0 Å². The summed E-state index contributed by atoms with van der Waals surface area (Å²) in [5.74, 6) is -0.582. The van der Waals surface area contributed by atoms with Crippen molar-refractivity contribution in [2.24, 2.45) is 5.73 Å². The number of anilines is 1. The predicted octanol–water partition coefficient (Wildman–Crippen LogP) is 0.502. The van der Waals surface area contributed by atoms with Crippen LogP contribution in [0.15, 0.2) is 27.6 Å². The minimum absolute atomic E-state index is 0.108. The molecule has 2 rings (SSSR count). The van der Waals surface area contributed by atoms with Crippen LogP contribution in [-0.4, -0.2) is 26.1 Å². The van der Waals surface area contributed by atoms with E-state index >= 15 is 0 Å². The van der Waals surface area contributed by atoms with Crippen molar-refractivity contribution in [3.05, 3.63) is 22.7 Å². The lowest BCUT2D eigenvalue weighted by Crippen LogP contribution is -2.44. The Morgan fingerprint density at radius 3 is 2.75 bits per heavy atom. The molecular formula is C9H9BrN2O3S. The lowest BCUT2D eigenvalue weighted by atomic mass is 10.3. The molecule has 1 aromatic rings. The Morgan fingerprint density at radius 1 is 1.44 bits per heavy atom. The van der Waals surface area contributed by atoms with Gasteiger partial charge in [-0.2, -0.15) is 0 Å². The number of hydrogen-bond acceptors (Lipinski definition) is 4. The first-order valence-corrected chi connectivity index (χ1v) is 6.85. The quantitative estimate of drug-likeness (QED) is 0.791. The highest BCUT2D eigenvalue weighted by molar-refractivity contribution is 9.10. The second-order valence-electron chi connectivity index (χ2n) is 3.37. The molecule has 5 nitrogen and oxygen atoms in total. The normalized spacial score (nSPS) is 22.4. The molecule has 1 aromatic carbocycles. The zero-order chi connectivity index (χ0) is 11.9. The Labute approximate surface area is 101 Å². The average Bonchev–Trinajstić information content (AvgIpc) is 2.20. The molecule has 1 unspecified atom stereocenters. The van der Waals surface area contributed by atoms with E-state index in [1.54, 1.807) is 12.1 Å². The minimum atomic E-state index is -3.67. The van der Waals surface area contributed by atoms with Crippen LogP contribution in [0.25, 0.3) is 0 Å². The van der Waals surface area contributed by atoms with Crippen molar-refractivity contribution in [1.82, 2.24) is 0 Å². The lowest BCUT2D eigenvalue weighted by molar-refractivity contribution is -0.115. The van der Waals surface area contributed by atoms with Gasteiger partial charge in [0.25, 0.3) is 0 Å². The molecule has 0 saturated carbocycles. The predicted molar refractivity (Wildman–Crippen MR) is 62.8 cm³/mol. The van der Waals surface area contributed by atoms with Gasteiger partial charge in [0.1, 0.15) is 0 Å². The average molecular weight is 305 g/mol. The van der Waals surface area contributed by atoms with E-state index in [-0.39, 0.29) is 17.1 Å². The zero-order valence-corrected chi connectivity index (χ0v) is 10.5. The van der Waals surface area contributed by atoms with Crippen molar-refractivity contribution in [3.63, 3.8) is 0 Å². The molecule has 1 aliphatic rings. The van der Waals surface area contributed by atoms with Gasteiger partial charge < -0.3 is 11.1 Å². The molecular weight excluding hydrogens is 296 g/mol. The van der Waals surface area contributed by atoms with Gasteiger partial charge in [0.15, 0.2) is 15.1 Å². The first kappa shape index (κ1) is 11.6. The summed E-state index contributed by atoms with van der Waals surface area (Å²) in [4.78, 5) is 11.7. The number of halogens is 1. The van der Waals surface area contributed by atoms with Crippen molar-refractivity contribution >= 4 is 37.4 Å². The molecule has 1 atom stereocenters. The van der Waals surface area contributed by atoms with Crippen molar-refractivity contribution in [1.29, 1.82) is 0 Å². The van der Waals surface area contributed by atoms with Gasteiger partial charge >= 0.3 is 0 Å². The molecule has 86 valence electrons. The fraction of sp³-hybridized carbons (Fsp3) is 0.222. The summed E-state index contributed by atoms with van der Waals surface area (Å²) in [7, 11) is -3.67. The minimum Gasteiger partial charge on any atom is -0.329 e. The number of benzene rings is 1. The van der Waals surface area contributed by atoms with Gasteiger partial charge in [-0.15, -0.1) is 0 Å². The Kier molecular flexibility index (Phi) is 2.77. The van der Waals surface area contributed by atoms with E-state index in [0.717, 1.165) is 0 Å². The summed E-state index contributed by atoms with van der Waals surface area (Å²) in [5.41, 5.74) is 5.60. The van der Waals surface area contributed by atoms with Crippen molar-refractivity contribution in [2.45, 2.75) is 10.1 Å². The Balaban J connectivity index is 2.72. The first-order valence-electron chi connectivity index (χ1n) is 4.52. The molecule has 7 heteroatoms. The van der Waals surface area contributed by atoms with Gasteiger partial charge in [-0.1, -0.05) is 6.07 Å². The van der Waals surface area contributed by atoms with Crippen LogP contribution in [0, 0.1) is 0 Å². The van der Waals surface area contributed by atoms with Crippen molar-refractivity contribution < 1.29 is 13.2 Å². The van der Waals surface area contributed by atoms with Crippen molar-refractivity contribution in [3.8, 4) is 0 Å². The van der Waals surface area contributed by atoms with E-state index in [9.17, 15) is 13.2 Å². The number of para-hydroxylation sites is 1. The number of hydrogen-bond donors (Lipinski definition) is 2. The number of fused-ring (bicyclic) bond motifs is 1. The fourth-order valence-electron chi connectivity index (χ4n) is 1.59. The zero-order valence-electron chi connectivity index (χ0n) is 8.10. The van der Waals surface area contributed by atoms with E-state index in [1.165, 1.54) is 6.07 Å². The second kappa shape index (κ2) is 3.83. The number of nitrogens with one attached hydrogen (secondary N) is 1. The topological polar surface area (TPSA) is 89.3 Å². The standard InChI is InChI=1S/C9H9BrN2O3S/c10-5-2-1-3-6-8(5)12-9(13)7(4-11)16(6,14)15/h1-3,7H,4,11H2,(H,12,13). The van der Waals surface area contributed by atoms with Gasteiger partial charge in [0.05, 0.1) is 10.6 Å². The highest BCUT2D eigenvalue weighted by atomic mass is 79.9. The Bertz CT molecular complexity index is 556. The molecule has 1 amide bonds. The Hall–Kier alpha value is -0.920. The molecule has 1 heterocycles. The summed E-state index contributed by atoms with van der Waals surface area (Å²) in [6, 6.07) is 4.72. The molecule has 1 aliphatic heterocycles. The van der Waals surface area contributed by atoms with Crippen molar-refractivity contribution in [2.75, 3.05) is 11.9 Å². The Morgan fingerprint density at radius 2 is 2.12 bits per heavy atom. The molecule has 0 radical (unpaired) electrons. The molecule has 0 aromatic heterocycles. The maximum atomic E-state index is 12.0. The van der Waals surface area contributed by atoms with E-state index in [2.05, 4.69) is 21.2 Å². The number of sulfone groups is 1. The molecule has 0 spiro atoms. The van der Waals surface area contributed by atoms with Crippen LogP contribution in [0.4, 0.5) is 5.69 Å². The third kappa shape index (κ3) is 1.55. The van der Waals surface area contributed by atoms with Crippen LogP contribution >= 0.6 is 15.9 Å². The van der Waals surface area contributed by atoms with Crippen LogP contribution in [0.3, 0.4) is 0 Å². The summed E-state index contributed by atoms with van der Waals surface area (Å²) in [6.07, 6.45) is 0. The highest BCUT2D eigenvalue weighted by Crippen LogP contribution is 2.35. The third-order valence-electron chi connectivity index (χ3n) is 2.41. The van der Waals surface area contributed by atoms with Crippen LogP contribution in [0.2, 0.25) is 0 Å². The monoisotopic (exact) mass is 304 g/mol. The maximum absolute atomic E-state index is 12.0.